The Labute approximate surface area is 188 Å². The maximum absolute atomic E-state index is 13.7. The number of aromatic amines is 1. The number of anilines is 1. The van der Waals surface area contributed by atoms with Gasteiger partial charge in [0.05, 0.1) is 0 Å². The molecule has 4 rings (SSSR count). The van der Waals surface area contributed by atoms with Crippen LogP contribution in [0.3, 0.4) is 0 Å². The van der Waals surface area contributed by atoms with E-state index in [1.54, 1.807) is 18.2 Å². The van der Waals surface area contributed by atoms with Gasteiger partial charge in [0.2, 0.25) is 5.91 Å². The lowest BCUT2D eigenvalue weighted by molar-refractivity contribution is -0.123. The van der Waals surface area contributed by atoms with Gasteiger partial charge in [0, 0.05) is 36.1 Å². The van der Waals surface area contributed by atoms with E-state index in [4.69, 9.17) is 5.73 Å². The maximum atomic E-state index is 13.7. The normalized spacial score (nSPS) is 11.8. The summed E-state index contributed by atoms with van der Waals surface area (Å²) in [6.07, 6.45) is 1.42. The van der Waals surface area contributed by atoms with Crippen LogP contribution in [0.15, 0.2) is 66.9 Å². The molecule has 9 heteroatoms. The molecular formula is C24H21F2N5O2. The van der Waals surface area contributed by atoms with Crippen molar-refractivity contribution in [1.82, 2.24) is 20.6 Å². The molecule has 0 aliphatic heterocycles. The van der Waals surface area contributed by atoms with Crippen molar-refractivity contribution in [3.05, 3.63) is 95.3 Å². The van der Waals surface area contributed by atoms with Gasteiger partial charge in [-0.2, -0.15) is 0 Å². The second-order valence-corrected chi connectivity index (χ2v) is 7.59. The standard InChI is InChI=1S/C24H21F2N5O2/c25-17-7-15(8-18(26)11-17)9-20(23(32)29-13-14-5-6-22(27)28-12-14)31-24(33)21-10-16-3-1-2-4-19(16)30-21/h1-8,10-12,20,30H,9,13H2,(H2,27,28)(H,29,32)(H,31,33)/t20-/m0/s1. The Hall–Kier alpha value is -4.27. The van der Waals surface area contributed by atoms with Crippen molar-refractivity contribution in [2.24, 2.45) is 0 Å². The summed E-state index contributed by atoms with van der Waals surface area (Å²) >= 11 is 0. The molecule has 2 aromatic carbocycles. The van der Waals surface area contributed by atoms with E-state index in [0.717, 1.165) is 29.1 Å². The number of halogens is 2. The molecule has 0 saturated carbocycles. The first-order valence-electron chi connectivity index (χ1n) is 10.2. The lowest BCUT2D eigenvalue weighted by atomic mass is 10.0. The molecule has 0 saturated heterocycles. The smallest absolute Gasteiger partial charge is 0.268 e. The third-order valence-electron chi connectivity index (χ3n) is 5.07. The fraction of sp³-hybridized carbons (Fsp3) is 0.125. The number of hydrogen-bond acceptors (Lipinski definition) is 4. The van der Waals surface area contributed by atoms with Gasteiger partial charge in [-0.1, -0.05) is 24.3 Å². The minimum Gasteiger partial charge on any atom is -0.384 e. The molecule has 4 aromatic rings. The molecule has 0 radical (unpaired) electrons. The number of para-hydroxylation sites is 1. The van der Waals surface area contributed by atoms with Gasteiger partial charge in [-0.05, 0) is 41.5 Å². The van der Waals surface area contributed by atoms with Crippen molar-refractivity contribution in [3.63, 3.8) is 0 Å². The van der Waals surface area contributed by atoms with Gasteiger partial charge < -0.3 is 21.4 Å². The van der Waals surface area contributed by atoms with Gasteiger partial charge in [0.25, 0.3) is 5.91 Å². The van der Waals surface area contributed by atoms with Gasteiger partial charge in [-0.15, -0.1) is 0 Å². The number of H-pyrrole nitrogens is 1. The van der Waals surface area contributed by atoms with Crippen molar-refractivity contribution >= 4 is 28.5 Å². The SMILES string of the molecule is Nc1ccc(CNC(=O)[C@H](Cc2cc(F)cc(F)c2)NC(=O)c2cc3ccccc3[nH]2)cn1. The molecule has 0 fully saturated rings. The Morgan fingerprint density at radius 3 is 2.45 bits per heavy atom. The van der Waals surface area contributed by atoms with Crippen LogP contribution >= 0.6 is 0 Å². The molecule has 0 bridgehead atoms. The summed E-state index contributed by atoms with van der Waals surface area (Å²) in [5, 5.41) is 6.22. The Kier molecular flexibility index (Phi) is 6.30. The van der Waals surface area contributed by atoms with Crippen LogP contribution in [0.25, 0.3) is 10.9 Å². The number of nitrogens with two attached hydrogens (primary N) is 1. The lowest BCUT2D eigenvalue weighted by Gasteiger charge is -2.18. The highest BCUT2D eigenvalue weighted by atomic mass is 19.1. The number of nitrogens with zero attached hydrogens (tertiary/aromatic N) is 1. The van der Waals surface area contributed by atoms with Crippen LogP contribution in [0.4, 0.5) is 14.6 Å². The lowest BCUT2D eigenvalue weighted by Crippen LogP contribution is -2.48. The fourth-order valence-electron chi connectivity index (χ4n) is 3.46. The third kappa shape index (κ3) is 5.51. The second kappa shape index (κ2) is 9.47. The minimum atomic E-state index is -1.08. The number of amides is 2. The van der Waals surface area contributed by atoms with Crippen LogP contribution in [0.2, 0.25) is 0 Å². The van der Waals surface area contributed by atoms with E-state index in [9.17, 15) is 18.4 Å². The van der Waals surface area contributed by atoms with E-state index in [-0.39, 0.29) is 24.2 Å². The van der Waals surface area contributed by atoms with E-state index in [1.165, 1.54) is 6.20 Å². The zero-order valence-electron chi connectivity index (χ0n) is 17.4. The molecule has 168 valence electrons. The van der Waals surface area contributed by atoms with Crippen molar-refractivity contribution in [2.75, 3.05) is 5.73 Å². The Balaban J connectivity index is 1.53. The molecule has 2 aromatic heterocycles. The largest absolute Gasteiger partial charge is 0.384 e. The molecule has 2 amide bonds. The Bertz CT molecular complexity index is 1250. The highest BCUT2D eigenvalue weighted by molar-refractivity contribution is 6.00. The van der Waals surface area contributed by atoms with Gasteiger partial charge in [0.15, 0.2) is 0 Å². The Morgan fingerprint density at radius 2 is 1.76 bits per heavy atom. The average molecular weight is 449 g/mol. The number of fused-ring (bicyclic) bond motifs is 1. The fourth-order valence-corrected chi connectivity index (χ4v) is 3.46. The number of pyridine rings is 1. The van der Waals surface area contributed by atoms with E-state index >= 15 is 0 Å². The van der Waals surface area contributed by atoms with Gasteiger partial charge in [0.1, 0.15) is 29.2 Å². The molecule has 1 atom stereocenters. The highest BCUT2D eigenvalue weighted by Gasteiger charge is 2.23. The van der Waals surface area contributed by atoms with Crippen molar-refractivity contribution in [2.45, 2.75) is 19.0 Å². The maximum Gasteiger partial charge on any atom is 0.268 e. The molecule has 0 unspecified atom stereocenters. The van der Waals surface area contributed by atoms with E-state index in [1.807, 2.05) is 24.3 Å². The number of carbonyl (C=O) groups excluding carboxylic acids is 2. The minimum absolute atomic E-state index is 0.105. The molecule has 0 aliphatic carbocycles. The highest BCUT2D eigenvalue weighted by Crippen LogP contribution is 2.15. The van der Waals surface area contributed by atoms with E-state index < -0.39 is 29.5 Å². The summed E-state index contributed by atoms with van der Waals surface area (Å²) in [4.78, 5) is 32.8. The topological polar surface area (TPSA) is 113 Å². The summed E-state index contributed by atoms with van der Waals surface area (Å²) in [6.45, 7) is 0.141. The summed E-state index contributed by atoms with van der Waals surface area (Å²) in [6, 6.07) is 14.3. The first-order chi connectivity index (χ1) is 15.9. The van der Waals surface area contributed by atoms with Crippen LogP contribution in [0.1, 0.15) is 21.6 Å². The zero-order chi connectivity index (χ0) is 23.4. The average Bonchev–Trinajstić information content (AvgIpc) is 3.22. The van der Waals surface area contributed by atoms with Gasteiger partial charge >= 0.3 is 0 Å². The van der Waals surface area contributed by atoms with Crippen LogP contribution < -0.4 is 16.4 Å². The predicted molar refractivity (Wildman–Crippen MR) is 120 cm³/mol. The van der Waals surface area contributed by atoms with Crippen molar-refractivity contribution < 1.29 is 18.4 Å². The number of nitrogens with one attached hydrogen (secondary N) is 3. The first-order valence-corrected chi connectivity index (χ1v) is 10.2. The predicted octanol–water partition coefficient (Wildman–Crippen LogP) is 3.08. The number of carbonyl (C=O) groups is 2. The van der Waals surface area contributed by atoms with Gasteiger partial charge in [-0.25, -0.2) is 13.8 Å². The van der Waals surface area contributed by atoms with Gasteiger partial charge in [-0.3, -0.25) is 9.59 Å². The number of rotatable bonds is 7. The summed E-state index contributed by atoms with van der Waals surface area (Å²) < 4.78 is 27.4. The zero-order valence-corrected chi connectivity index (χ0v) is 17.4. The summed E-state index contributed by atoms with van der Waals surface area (Å²) in [7, 11) is 0. The van der Waals surface area contributed by atoms with Crippen molar-refractivity contribution in [3.8, 4) is 0 Å². The van der Waals surface area contributed by atoms with Crippen LogP contribution in [-0.2, 0) is 17.8 Å². The third-order valence-corrected chi connectivity index (χ3v) is 5.07. The Morgan fingerprint density at radius 1 is 1.00 bits per heavy atom. The molecule has 7 nitrogen and oxygen atoms in total. The molecule has 0 spiro atoms. The summed E-state index contributed by atoms with van der Waals surface area (Å²) in [5.74, 6) is -2.21. The molecule has 2 heterocycles. The molecule has 5 N–H and O–H groups in total. The quantitative estimate of drug-likeness (QED) is 0.347. The molecule has 0 aliphatic rings. The monoisotopic (exact) mass is 449 g/mol. The summed E-state index contributed by atoms with van der Waals surface area (Å²) in [5.41, 5.74) is 7.54. The number of aromatic nitrogens is 2. The molecule has 33 heavy (non-hydrogen) atoms. The number of hydrogen-bond donors (Lipinski definition) is 4. The number of benzene rings is 2. The van der Waals surface area contributed by atoms with Crippen LogP contribution in [0.5, 0.6) is 0 Å². The second-order valence-electron chi connectivity index (χ2n) is 7.59. The molecular weight excluding hydrogens is 428 g/mol. The van der Waals surface area contributed by atoms with Crippen molar-refractivity contribution in [1.29, 1.82) is 0 Å². The number of nitrogen functional groups attached to an aromatic ring is 1. The first kappa shape index (κ1) is 21.9. The van der Waals surface area contributed by atoms with E-state index in [0.29, 0.717) is 11.4 Å². The van der Waals surface area contributed by atoms with Crippen LogP contribution in [-0.4, -0.2) is 27.8 Å². The van der Waals surface area contributed by atoms with Crippen LogP contribution in [0, 0.1) is 11.6 Å². The van der Waals surface area contributed by atoms with E-state index in [2.05, 4.69) is 20.6 Å².